The van der Waals surface area contributed by atoms with Crippen LogP contribution in [0.4, 0.5) is 4.79 Å². The van der Waals surface area contributed by atoms with Crippen molar-refractivity contribution < 1.29 is 33.7 Å². The molecule has 2 N–H and O–H groups in total. The lowest BCUT2D eigenvalue weighted by molar-refractivity contribution is -0.150. The second-order valence-electron chi connectivity index (χ2n) is 8.41. The van der Waals surface area contributed by atoms with Gasteiger partial charge in [-0.2, -0.15) is 0 Å². The van der Waals surface area contributed by atoms with E-state index in [1.54, 1.807) is 32.9 Å². The molecule has 0 unspecified atom stereocenters. The van der Waals surface area contributed by atoms with Crippen molar-refractivity contribution in [3.8, 4) is 5.75 Å². The van der Waals surface area contributed by atoms with Gasteiger partial charge in [-0.25, -0.2) is 9.59 Å². The van der Waals surface area contributed by atoms with Crippen molar-refractivity contribution in [1.29, 1.82) is 0 Å². The van der Waals surface area contributed by atoms with E-state index in [1.165, 1.54) is 12.1 Å². The van der Waals surface area contributed by atoms with Gasteiger partial charge in [-0.15, -0.1) is 0 Å². The summed E-state index contributed by atoms with van der Waals surface area (Å²) in [5, 5.41) is 11.8. The molecule has 8 nitrogen and oxygen atoms in total. The van der Waals surface area contributed by atoms with Crippen LogP contribution in [0.25, 0.3) is 0 Å². The number of phenolic OH excluding ortho intramolecular Hbond substituents is 1. The first kappa shape index (κ1) is 23.5. The van der Waals surface area contributed by atoms with Crippen molar-refractivity contribution >= 4 is 18.0 Å². The molecule has 166 valence electrons. The van der Waals surface area contributed by atoms with E-state index in [-0.39, 0.29) is 31.3 Å². The molecule has 8 heteroatoms. The van der Waals surface area contributed by atoms with E-state index in [0.717, 1.165) is 25.7 Å². The van der Waals surface area contributed by atoms with Crippen molar-refractivity contribution in [1.82, 2.24) is 5.32 Å². The van der Waals surface area contributed by atoms with E-state index in [9.17, 15) is 19.5 Å². The Balaban J connectivity index is 1.92. The molecule has 0 radical (unpaired) electrons. The lowest BCUT2D eigenvalue weighted by atomic mass is 10.1. The van der Waals surface area contributed by atoms with Gasteiger partial charge >= 0.3 is 18.0 Å². The summed E-state index contributed by atoms with van der Waals surface area (Å²) in [7, 11) is 0. The summed E-state index contributed by atoms with van der Waals surface area (Å²) in [6, 6.07) is 5.17. The Labute approximate surface area is 176 Å². The molecule has 0 heterocycles. The number of carbonyl (C=O) groups excluding carboxylic acids is 3. The molecule has 1 saturated carbocycles. The first-order valence-electron chi connectivity index (χ1n) is 10.3. The van der Waals surface area contributed by atoms with Crippen LogP contribution in [0, 0.1) is 0 Å². The molecular formula is C22H31NO7. The van der Waals surface area contributed by atoms with Crippen molar-refractivity contribution in [3.63, 3.8) is 0 Å². The van der Waals surface area contributed by atoms with Crippen LogP contribution in [0.5, 0.6) is 5.75 Å². The van der Waals surface area contributed by atoms with E-state index in [0.29, 0.717) is 5.56 Å². The van der Waals surface area contributed by atoms with Crippen LogP contribution in [0.2, 0.25) is 0 Å². The Hall–Kier alpha value is -2.77. The molecule has 2 rings (SSSR count). The van der Waals surface area contributed by atoms with Gasteiger partial charge in [0.2, 0.25) is 0 Å². The second kappa shape index (κ2) is 10.8. The number of aromatic hydroxyl groups is 1. The average molecular weight is 421 g/mol. The summed E-state index contributed by atoms with van der Waals surface area (Å²) in [5.74, 6) is -0.970. The number of hydrogen-bond donors (Lipinski definition) is 2. The van der Waals surface area contributed by atoms with E-state index in [4.69, 9.17) is 14.2 Å². The first-order valence-corrected chi connectivity index (χ1v) is 10.3. The van der Waals surface area contributed by atoms with Crippen molar-refractivity contribution in [2.75, 3.05) is 0 Å². The number of nitrogens with one attached hydrogen (secondary N) is 1. The van der Waals surface area contributed by atoms with Gasteiger partial charge in [-0.1, -0.05) is 12.1 Å². The molecule has 1 fully saturated rings. The minimum absolute atomic E-state index is 0.0225. The van der Waals surface area contributed by atoms with Crippen molar-refractivity contribution in [2.24, 2.45) is 0 Å². The topological polar surface area (TPSA) is 111 Å². The number of carbonyl (C=O) groups is 3. The number of rotatable bonds is 8. The van der Waals surface area contributed by atoms with E-state index < -0.39 is 29.7 Å². The van der Waals surface area contributed by atoms with Gasteiger partial charge in [0.25, 0.3) is 0 Å². The van der Waals surface area contributed by atoms with Gasteiger partial charge in [-0.05, 0) is 70.6 Å². The number of amides is 1. The zero-order chi connectivity index (χ0) is 22.1. The minimum Gasteiger partial charge on any atom is -0.508 e. The summed E-state index contributed by atoms with van der Waals surface area (Å²) in [6.07, 6.45) is 3.01. The zero-order valence-corrected chi connectivity index (χ0v) is 17.8. The zero-order valence-electron chi connectivity index (χ0n) is 17.8. The highest BCUT2D eigenvalue weighted by atomic mass is 16.6. The van der Waals surface area contributed by atoms with E-state index in [2.05, 4.69) is 5.32 Å². The smallest absolute Gasteiger partial charge is 0.408 e. The molecule has 1 aromatic carbocycles. The summed E-state index contributed by atoms with van der Waals surface area (Å²) in [6.45, 7) is 5.11. The number of benzene rings is 1. The highest BCUT2D eigenvalue weighted by molar-refractivity contribution is 5.82. The van der Waals surface area contributed by atoms with Crippen LogP contribution in [-0.2, 0) is 30.4 Å². The number of phenols is 1. The third-order valence-electron chi connectivity index (χ3n) is 4.53. The molecule has 0 saturated heterocycles. The molecule has 0 bridgehead atoms. The van der Waals surface area contributed by atoms with Gasteiger partial charge in [0, 0.05) is 6.42 Å². The molecule has 1 aliphatic carbocycles. The van der Waals surface area contributed by atoms with Crippen LogP contribution in [0.1, 0.15) is 64.9 Å². The average Bonchev–Trinajstić information content (AvgIpc) is 3.15. The molecule has 30 heavy (non-hydrogen) atoms. The Kier molecular flexibility index (Phi) is 8.50. The van der Waals surface area contributed by atoms with Crippen LogP contribution in [0.15, 0.2) is 24.3 Å². The molecule has 0 spiro atoms. The Morgan fingerprint density at radius 1 is 1.13 bits per heavy atom. The fourth-order valence-corrected chi connectivity index (χ4v) is 3.06. The molecule has 1 atom stereocenters. The van der Waals surface area contributed by atoms with Crippen molar-refractivity contribution in [2.45, 2.75) is 83.6 Å². The Bertz CT molecular complexity index is 718. The third-order valence-corrected chi connectivity index (χ3v) is 4.53. The third kappa shape index (κ3) is 8.71. The van der Waals surface area contributed by atoms with E-state index >= 15 is 0 Å². The maximum Gasteiger partial charge on any atom is 0.408 e. The first-order chi connectivity index (χ1) is 14.1. The Morgan fingerprint density at radius 3 is 2.37 bits per heavy atom. The van der Waals surface area contributed by atoms with Crippen molar-refractivity contribution in [3.05, 3.63) is 29.8 Å². The van der Waals surface area contributed by atoms with Gasteiger partial charge < -0.3 is 24.6 Å². The van der Waals surface area contributed by atoms with Gasteiger partial charge in [0.05, 0.1) is 0 Å². The molecule has 1 aliphatic rings. The molecule has 1 amide bonds. The predicted octanol–water partition coefficient (Wildman–Crippen LogP) is 3.59. The normalized spacial score (nSPS) is 15.3. The molecular weight excluding hydrogens is 390 g/mol. The monoisotopic (exact) mass is 421 g/mol. The maximum absolute atomic E-state index is 12.5. The fourth-order valence-electron chi connectivity index (χ4n) is 3.06. The second-order valence-corrected chi connectivity index (χ2v) is 8.41. The minimum atomic E-state index is -1.05. The van der Waals surface area contributed by atoms with Crippen LogP contribution in [-0.4, -0.2) is 40.9 Å². The SMILES string of the molecule is CC(C)(C)OC(=O)N[C@H](CCC(=O)OC1CCCC1)C(=O)OCc1ccc(O)cc1. The highest BCUT2D eigenvalue weighted by Gasteiger charge is 2.27. The standard InChI is InChI=1S/C22H31NO7/c1-22(2,3)30-21(27)23-18(12-13-19(25)29-17-6-4-5-7-17)20(26)28-14-15-8-10-16(24)11-9-15/h8-11,17-18,24H,4-7,12-14H2,1-3H3,(H,23,27)/t18-/m1/s1. The van der Waals surface area contributed by atoms with E-state index in [1.807, 2.05) is 0 Å². The number of hydrogen-bond acceptors (Lipinski definition) is 7. The summed E-state index contributed by atoms with van der Waals surface area (Å²) in [5.41, 5.74) is -0.0516. The van der Waals surface area contributed by atoms with Gasteiger partial charge in [-0.3, -0.25) is 4.79 Å². The lowest BCUT2D eigenvalue weighted by Gasteiger charge is -2.23. The molecule has 0 aromatic heterocycles. The van der Waals surface area contributed by atoms with Crippen LogP contribution >= 0.6 is 0 Å². The summed E-state index contributed by atoms with van der Waals surface area (Å²) < 4.78 is 15.9. The number of esters is 2. The fraction of sp³-hybridized carbons (Fsp3) is 0.591. The molecule has 0 aliphatic heterocycles. The van der Waals surface area contributed by atoms with Gasteiger partial charge in [0.15, 0.2) is 0 Å². The summed E-state index contributed by atoms with van der Waals surface area (Å²) >= 11 is 0. The Morgan fingerprint density at radius 2 is 1.77 bits per heavy atom. The van der Waals surface area contributed by atoms with Crippen LogP contribution in [0.3, 0.4) is 0 Å². The largest absolute Gasteiger partial charge is 0.508 e. The summed E-state index contributed by atoms with van der Waals surface area (Å²) in [4.78, 5) is 36.8. The number of ether oxygens (including phenoxy) is 3. The molecule has 1 aromatic rings. The lowest BCUT2D eigenvalue weighted by Crippen LogP contribution is -2.44. The van der Waals surface area contributed by atoms with Crippen LogP contribution < -0.4 is 5.32 Å². The predicted molar refractivity (Wildman–Crippen MR) is 109 cm³/mol. The quantitative estimate of drug-likeness (QED) is 0.487. The maximum atomic E-state index is 12.5. The highest BCUT2D eigenvalue weighted by Crippen LogP contribution is 2.21. The number of alkyl carbamates (subject to hydrolysis) is 1. The van der Waals surface area contributed by atoms with Gasteiger partial charge in [0.1, 0.15) is 30.1 Å².